The number of ether oxygens (including phenoxy) is 9. The number of hydrogen-bond donors (Lipinski definition) is 2. The van der Waals surface area contributed by atoms with Crippen LogP contribution in [0.15, 0.2) is 182 Å². The number of aliphatic carboxylic acids is 1. The fraction of sp³-hybridized carbons (Fsp3) is 0.351. The van der Waals surface area contributed by atoms with Gasteiger partial charge in [-0.3, -0.25) is 9.59 Å². The Morgan fingerprint density at radius 1 is 0.490 bits per heavy atom. The molecule has 2 saturated heterocycles. The molecule has 0 saturated carbocycles. The van der Waals surface area contributed by atoms with E-state index in [0.717, 1.165) is 45.5 Å². The summed E-state index contributed by atoms with van der Waals surface area (Å²) >= 11 is 0. The van der Waals surface area contributed by atoms with Gasteiger partial charge in [0.05, 0.1) is 60.6 Å². The Kier molecular flexibility index (Phi) is 23.0. The quantitative estimate of drug-likeness (QED) is 0.0254. The maximum atomic E-state index is 15.4. The van der Waals surface area contributed by atoms with Gasteiger partial charge in [-0.05, 0) is 137 Å². The highest BCUT2D eigenvalue weighted by molar-refractivity contribution is 6.74. The third kappa shape index (κ3) is 15.5. The smallest absolute Gasteiger partial charge is 0.306 e. The average molecular weight is 1340 g/mol. The van der Waals surface area contributed by atoms with E-state index < -0.39 is 110 Å². The summed E-state index contributed by atoms with van der Waals surface area (Å²) in [6, 6.07) is 54.1. The van der Waals surface area contributed by atoms with Crippen LogP contribution < -0.4 is 18.9 Å². The topological polar surface area (TPSA) is 167 Å². The van der Waals surface area contributed by atoms with E-state index in [2.05, 4.69) is 33.9 Å². The number of benzene rings is 8. The first kappa shape index (κ1) is 71.9. The predicted octanol–water partition coefficient (Wildman–Crippen LogP) is 15.6. The maximum Gasteiger partial charge on any atom is 0.306 e. The molecule has 96 heavy (non-hydrogen) atoms. The number of esters is 1. The molecule has 2 N–H and O–H groups in total. The van der Waals surface area contributed by atoms with Crippen molar-refractivity contribution in [2.24, 2.45) is 5.92 Å². The molecule has 0 aromatic heterocycles. The lowest BCUT2D eigenvalue weighted by Gasteiger charge is -2.40. The van der Waals surface area contributed by atoms with Gasteiger partial charge in [-0.2, -0.15) is 0 Å². The average Bonchev–Trinajstić information content (AvgIpc) is 1.06. The van der Waals surface area contributed by atoms with Crippen LogP contribution in [-0.2, 0) is 48.9 Å². The zero-order chi connectivity index (χ0) is 69.3. The van der Waals surface area contributed by atoms with Gasteiger partial charge >= 0.3 is 11.9 Å². The van der Waals surface area contributed by atoms with E-state index in [1.807, 2.05) is 158 Å². The van der Waals surface area contributed by atoms with Crippen LogP contribution >= 0.6 is 0 Å². The molecule has 0 radical (unpaired) electrons. The third-order valence-corrected chi connectivity index (χ3v) is 23.0. The highest BCUT2D eigenvalue weighted by Crippen LogP contribution is 2.49. The molecule has 0 bridgehead atoms. The normalized spacial score (nSPS) is 19.6. The van der Waals surface area contributed by atoms with Gasteiger partial charge in [0.25, 0.3) is 0 Å². The largest absolute Gasteiger partial charge is 0.497 e. The number of carbonyl (C=O) groups excluding carboxylic acids is 1. The molecule has 8 atom stereocenters. The summed E-state index contributed by atoms with van der Waals surface area (Å²) in [5, 5.41) is 20.9. The van der Waals surface area contributed by atoms with Crippen LogP contribution in [0.3, 0.4) is 0 Å². The summed E-state index contributed by atoms with van der Waals surface area (Å²) in [6.07, 6.45) is -7.52. The molecule has 0 spiro atoms. The van der Waals surface area contributed by atoms with Crippen LogP contribution in [0.1, 0.15) is 108 Å². The second kappa shape index (κ2) is 30.8. The maximum absolute atomic E-state index is 15.4. The lowest BCUT2D eigenvalue weighted by atomic mass is 9.80. The number of carboxylic acids is 1. The minimum atomic E-state index is -2.49. The standard InChI is InChI=1S/C39H46F2O6Si.C38H38F2O8/c1-25-22-31(33(41)23-32(25)40)36-37(47-48(7,8)38(2,3)4)35(42)34(46-36)24-45-39(26-12-10-9-11-13-26,27-14-18-29(43-5)19-15-27)28-16-20-30(44-6)21-17-28;1-23-20-30(32(40)21-31(23)39)36-24(2)37(48-35(43)19-18-34(41)42)33(47-36)22-46-38(25-8-6-5-7-9-25,26-10-14-28(44-3)15-11-26)27-12-16-29(45-4)17-13-27/h9-23,34-37,42H,24H2,1-8H3;5-17,20-21,24,33,36-37H,18-19,22H2,1-4H3,(H,41,42)/t34-,35?,36+,37+;24-,33-,36-,37?/m11/s1. The summed E-state index contributed by atoms with van der Waals surface area (Å²) in [6.45, 7) is 15.1. The van der Waals surface area contributed by atoms with Gasteiger partial charge in [-0.25, -0.2) is 17.6 Å². The Labute approximate surface area is 560 Å². The minimum absolute atomic E-state index is 0.0796. The Balaban J connectivity index is 0.000000225. The highest BCUT2D eigenvalue weighted by Gasteiger charge is 2.53. The summed E-state index contributed by atoms with van der Waals surface area (Å²) in [4.78, 5) is 24.0. The summed E-state index contributed by atoms with van der Waals surface area (Å²) in [5.41, 5.74) is 3.18. The Morgan fingerprint density at radius 2 is 0.844 bits per heavy atom. The second-order valence-corrected chi connectivity index (χ2v) is 30.4. The zero-order valence-electron chi connectivity index (χ0n) is 56.1. The highest BCUT2D eigenvalue weighted by atomic mass is 28.4. The summed E-state index contributed by atoms with van der Waals surface area (Å²) in [5.74, 6) is -2.68. The molecule has 508 valence electrons. The van der Waals surface area contributed by atoms with E-state index in [0.29, 0.717) is 23.0 Å². The zero-order valence-corrected chi connectivity index (χ0v) is 57.1. The van der Waals surface area contributed by atoms with Crippen LogP contribution in [0.25, 0.3) is 0 Å². The van der Waals surface area contributed by atoms with Gasteiger partial charge in [0.15, 0.2) is 8.32 Å². The number of aryl methyl sites for hydroxylation is 2. The molecule has 2 aliphatic rings. The number of carbonyl (C=O) groups is 2. The Hall–Kier alpha value is -8.40. The van der Waals surface area contributed by atoms with E-state index in [9.17, 15) is 23.5 Å². The third-order valence-electron chi connectivity index (χ3n) is 18.5. The number of aliphatic hydroxyl groups is 1. The molecular formula is C77H84F4O14Si. The van der Waals surface area contributed by atoms with Crippen LogP contribution in [0.2, 0.25) is 18.1 Å². The number of hydrogen-bond acceptors (Lipinski definition) is 13. The number of carboxylic acid groups (broad SMARTS) is 1. The van der Waals surface area contributed by atoms with Crippen molar-refractivity contribution in [3.8, 4) is 23.0 Å². The Bertz CT molecular complexity index is 3800. The lowest BCUT2D eigenvalue weighted by molar-refractivity contribution is -0.158. The van der Waals surface area contributed by atoms with Crippen molar-refractivity contribution in [2.45, 2.75) is 126 Å². The minimum Gasteiger partial charge on any atom is -0.497 e. The molecule has 2 heterocycles. The number of aliphatic hydroxyl groups excluding tert-OH is 1. The number of halogens is 4. The van der Waals surface area contributed by atoms with Crippen molar-refractivity contribution in [1.29, 1.82) is 0 Å². The van der Waals surface area contributed by atoms with Crippen molar-refractivity contribution in [1.82, 2.24) is 0 Å². The van der Waals surface area contributed by atoms with E-state index in [1.54, 1.807) is 42.3 Å². The first-order valence-corrected chi connectivity index (χ1v) is 34.7. The van der Waals surface area contributed by atoms with Crippen LogP contribution in [0, 0.1) is 43.0 Å². The van der Waals surface area contributed by atoms with Gasteiger partial charge < -0.3 is 57.3 Å². The molecule has 10 rings (SSSR count). The summed E-state index contributed by atoms with van der Waals surface area (Å²) < 4.78 is 121. The lowest BCUT2D eigenvalue weighted by Crippen LogP contribution is -2.48. The fourth-order valence-corrected chi connectivity index (χ4v) is 13.4. The van der Waals surface area contributed by atoms with Crippen molar-refractivity contribution in [3.63, 3.8) is 0 Å². The van der Waals surface area contributed by atoms with Gasteiger partial charge in [0.2, 0.25) is 0 Å². The summed E-state index contributed by atoms with van der Waals surface area (Å²) in [7, 11) is 3.89. The molecule has 14 nitrogen and oxygen atoms in total. The molecule has 2 unspecified atom stereocenters. The molecular weight excluding hydrogens is 1250 g/mol. The predicted molar refractivity (Wildman–Crippen MR) is 358 cm³/mol. The number of methoxy groups -OCH3 is 4. The molecule has 8 aromatic carbocycles. The van der Waals surface area contributed by atoms with Crippen LogP contribution in [0.5, 0.6) is 23.0 Å². The first-order valence-electron chi connectivity index (χ1n) is 31.7. The first-order chi connectivity index (χ1) is 45.8. The SMILES string of the molecule is COc1ccc(C(OC[C@H]2O[C@@H](c3cc(C)c(F)cc3F)[C@@H](C)C2OC(=O)CCC(=O)O)(c2ccccc2)c2ccc(OC)cc2)cc1.COc1ccc(C(OC[C@H]2O[C@@H](c3cc(C)c(F)cc3F)[C@@H](O[Si](C)(C)C(C)(C)C)C2O)(c2ccccc2)c2ccc(OC)cc2)cc1. The molecule has 0 aliphatic carbocycles. The molecule has 0 amide bonds. The molecule has 2 fully saturated rings. The van der Waals surface area contributed by atoms with Crippen molar-refractivity contribution < 1.29 is 84.4 Å². The van der Waals surface area contributed by atoms with E-state index in [4.69, 9.17) is 52.2 Å². The van der Waals surface area contributed by atoms with Gasteiger partial charge in [0, 0.05) is 29.2 Å². The monoisotopic (exact) mass is 1340 g/mol. The van der Waals surface area contributed by atoms with Crippen LogP contribution in [-0.4, -0.2) is 103 Å². The van der Waals surface area contributed by atoms with Crippen molar-refractivity contribution in [2.75, 3.05) is 41.7 Å². The van der Waals surface area contributed by atoms with Crippen molar-refractivity contribution >= 4 is 20.3 Å². The van der Waals surface area contributed by atoms with E-state index in [-0.39, 0.29) is 46.9 Å². The number of rotatable bonds is 24. The molecule has 2 aliphatic heterocycles. The Morgan fingerprint density at radius 3 is 1.21 bits per heavy atom. The van der Waals surface area contributed by atoms with Gasteiger partial charge in [-0.15, -0.1) is 0 Å². The van der Waals surface area contributed by atoms with E-state index in [1.165, 1.54) is 19.1 Å². The fourth-order valence-electron chi connectivity index (χ4n) is 12.1. The molecule has 19 heteroatoms. The van der Waals surface area contributed by atoms with Crippen molar-refractivity contribution in [3.05, 3.63) is 261 Å². The van der Waals surface area contributed by atoms with Gasteiger partial charge in [0.1, 0.15) is 94.1 Å². The molecule has 8 aromatic rings. The second-order valence-electron chi connectivity index (χ2n) is 25.6. The van der Waals surface area contributed by atoms with E-state index >= 15 is 8.78 Å². The van der Waals surface area contributed by atoms with Gasteiger partial charge in [-0.1, -0.05) is 137 Å². The van der Waals surface area contributed by atoms with Crippen LogP contribution in [0.4, 0.5) is 17.6 Å².